The quantitative estimate of drug-likeness (QED) is 0.857. The van der Waals surface area contributed by atoms with Gasteiger partial charge < -0.3 is 19.7 Å². The Morgan fingerprint density at radius 2 is 2.05 bits per heavy atom. The highest BCUT2D eigenvalue weighted by atomic mass is 16.5. The van der Waals surface area contributed by atoms with Gasteiger partial charge in [-0.1, -0.05) is 6.07 Å². The number of aryl methyl sites for hydroxylation is 1. The van der Waals surface area contributed by atoms with Gasteiger partial charge in [-0.05, 0) is 37.6 Å². The van der Waals surface area contributed by atoms with Crippen molar-refractivity contribution < 1.29 is 9.84 Å². The minimum atomic E-state index is -0.00804. The van der Waals surface area contributed by atoms with E-state index in [0.29, 0.717) is 25.4 Å². The van der Waals surface area contributed by atoms with Crippen molar-refractivity contribution in [3.63, 3.8) is 0 Å². The Balaban J connectivity index is 2.09. The summed E-state index contributed by atoms with van der Waals surface area (Å²) < 4.78 is 7.00. The molecule has 5 nitrogen and oxygen atoms in total. The highest BCUT2D eigenvalue weighted by Crippen LogP contribution is 2.27. The van der Waals surface area contributed by atoms with E-state index in [0.717, 1.165) is 11.3 Å². The Bertz CT molecular complexity index is 665. The molecule has 1 aromatic heterocycles. The molecule has 0 saturated carbocycles. The number of nitrogens with one attached hydrogen (secondary N) is 1. The van der Waals surface area contributed by atoms with Crippen molar-refractivity contribution in [2.45, 2.75) is 26.9 Å². The van der Waals surface area contributed by atoms with Gasteiger partial charge in [-0.25, -0.2) is 0 Å². The van der Waals surface area contributed by atoms with Crippen LogP contribution in [-0.4, -0.2) is 16.3 Å². The average Bonchev–Trinajstić information content (AvgIpc) is 2.49. The van der Waals surface area contributed by atoms with Gasteiger partial charge in [-0.3, -0.25) is 4.79 Å². The van der Waals surface area contributed by atoms with E-state index < -0.39 is 0 Å². The molecule has 0 aliphatic carbocycles. The number of ether oxygens (including phenoxy) is 1. The van der Waals surface area contributed by atoms with E-state index in [4.69, 9.17) is 4.74 Å². The molecule has 2 N–H and O–H groups in total. The first-order valence-corrected chi connectivity index (χ1v) is 7.03. The number of nitrogens with zero attached hydrogens (tertiary/aromatic N) is 1. The van der Waals surface area contributed by atoms with E-state index in [1.54, 1.807) is 29.0 Å². The van der Waals surface area contributed by atoms with Crippen LogP contribution in [0.4, 0.5) is 5.69 Å². The first-order valence-electron chi connectivity index (χ1n) is 7.03. The average molecular weight is 288 g/mol. The third-order valence-corrected chi connectivity index (χ3v) is 3.14. The summed E-state index contributed by atoms with van der Waals surface area (Å²) in [6, 6.07) is 8.57. The standard InChI is InChI=1S/C16H20N2O3/c1-3-18-11-13(6-8-16(18)20)17-10-12-5-7-14(19)15(9-12)21-4-2/h5-9,11,17,19H,3-4,10H2,1-2H3. The smallest absolute Gasteiger partial charge is 0.250 e. The lowest BCUT2D eigenvalue weighted by Gasteiger charge is -2.11. The summed E-state index contributed by atoms with van der Waals surface area (Å²) in [4.78, 5) is 11.5. The highest BCUT2D eigenvalue weighted by Gasteiger charge is 2.04. The second-order valence-corrected chi connectivity index (χ2v) is 4.63. The Morgan fingerprint density at radius 1 is 1.24 bits per heavy atom. The number of rotatable bonds is 6. The van der Waals surface area contributed by atoms with Crippen molar-refractivity contribution in [3.8, 4) is 11.5 Å². The van der Waals surface area contributed by atoms with E-state index in [9.17, 15) is 9.90 Å². The molecule has 2 rings (SSSR count). The number of hydrogen-bond acceptors (Lipinski definition) is 4. The largest absolute Gasteiger partial charge is 0.504 e. The maximum absolute atomic E-state index is 11.5. The van der Waals surface area contributed by atoms with Gasteiger partial charge in [-0.15, -0.1) is 0 Å². The SMILES string of the molecule is CCOc1cc(CNc2ccc(=O)n(CC)c2)ccc1O. The number of pyridine rings is 1. The van der Waals surface area contributed by atoms with Gasteiger partial charge in [0, 0.05) is 25.4 Å². The van der Waals surface area contributed by atoms with Crippen LogP contribution < -0.4 is 15.6 Å². The zero-order valence-electron chi connectivity index (χ0n) is 12.3. The molecule has 0 aliphatic heterocycles. The van der Waals surface area contributed by atoms with Gasteiger partial charge in [0.2, 0.25) is 0 Å². The van der Waals surface area contributed by atoms with Crippen molar-refractivity contribution in [1.29, 1.82) is 0 Å². The summed E-state index contributed by atoms with van der Waals surface area (Å²) >= 11 is 0. The summed E-state index contributed by atoms with van der Waals surface area (Å²) in [5.74, 6) is 0.621. The van der Waals surface area contributed by atoms with Crippen LogP contribution in [-0.2, 0) is 13.1 Å². The first-order chi connectivity index (χ1) is 10.1. The molecule has 0 spiro atoms. The van der Waals surface area contributed by atoms with Gasteiger partial charge in [0.05, 0.1) is 12.3 Å². The predicted octanol–water partition coefficient (Wildman–Crippen LogP) is 2.58. The van der Waals surface area contributed by atoms with Gasteiger partial charge in [0.1, 0.15) is 0 Å². The number of hydrogen-bond donors (Lipinski definition) is 2. The number of aromatic hydroxyl groups is 1. The molecule has 0 saturated heterocycles. The van der Waals surface area contributed by atoms with Gasteiger partial charge in [0.15, 0.2) is 11.5 Å². The van der Waals surface area contributed by atoms with Crippen LogP contribution >= 0.6 is 0 Å². The monoisotopic (exact) mass is 288 g/mol. The molecule has 0 fully saturated rings. The maximum atomic E-state index is 11.5. The fraction of sp³-hybridized carbons (Fsp3) is 0.312. The Hall–Kier alpha value is -2.43. The Kier molecular flexibility index (Phi) is 4.87. The number of phenolic OH excluding ortho intramolecular Hbond substituents is 1. The highest BCUT2D eigenvalue weighted by molar-refractivity contribution is 5.45. The molecule has 0 bridgehead atoms. The lowest BCUT2D eigenvalue weighted by molar-refractivity contribution is 0.318. The van der Waals surface area contributed by atoms with E-state index in [1.165, 1.54) is 0 Å². The Morgan fingerprint density at radius 3 is 2.76 bits per heavy atom. The van der Waals surface area contributed by atoms with Crippen molar-refractivity contribution >= 4 is 5.69 Å². The molecule has 0 amide bonds. The van der Waals surface area contributed by atoms with Crippen LogP contribution in [0.15, 0.2) is 41.3 Å². The molecule has 0 radical (unpaired) electrons. The molecule has 0 aliphatic rings. The van der Waals surface area contributed by atoms with E-state index in [-0.39, 0.29) is 11.3 Å². The molecule has 1 aromatic carbocycles. The second kappa shape index (κ2) is 6.83. The summed E-state index contributed by atoms with van der Waals surface area (Å²) in [6.07, 6.45) is 1.80. The van der Waals surface area contributed by atoms with Gasteiger partial charge >= 0.3 is 0 Å². The molecule has 21 heavy (non-hydrogen) atoms. The minimum absolute atomic E-state index is 0.00804. The maximum Gasteiger partial charge on any atom is 0.250 e. The lowest BCUT2D eigenvalue weighted by atomic mass is 10.2. The zero-order valence-corrected chi connectivity index (χ0v) is 12.3. The molecule has 0 atom stereocenters. The molecule has 2 aromatic rings. The number of aromatic nitrogens is 1. The minimum Gasteiger partial charge on any atom is -0.504 e. The van der Waals surface area contributed by atoms with Crippen molar-refractivity contribution in [3.05, 3.63) is 52.4 Å². The predicted molar refractivity (Wildman–Crippen MR) is 83.0 cm³/mol. The molecule has 1 heterocycles. The molecule has 112 valence electrons. The Labute approximate surface area is 123 Å². The van der Waals surface area contributed by atoms with Crippen LogP contribution in [0.25, 0.3) is 0 Å². The van der Waals surface area contributed by atoms with Crippen molar-refractivity contribution in [2.75, 3.05) is 11.9 Å². The number of anilines is 1. The second-order valence-electron chi connectivity index (χ2n) is 4.63. The van der Waals surface area contributed by atoms with Crippen LogP contribution in [0, 0.1) is 0 Å². The van der Waals surface area contributed by atoms with E-state index in [2.05, 4.69) is 5.32 Å². The van der Waals surface area contributed by atoms with Crippen LogP contribution in [0.5, 0.6) is 11.5 Å². The number of phenols is 1. The molecule has 5 heteroatoms. The first kappa shape index (κ1) is 15.0. The van der Waals surface area contributed by atoms with E-state index >= 15 is 0 Å². The third-order valence-electron chi connectivity index (χ3n) is 3.14. The number of benzene rings is 1. The topological polar surface area (TPSA) is 63.5 Å². The summed E-state index contributed by atoms with van der Waals surface area (Å²) in [7, 11) is 0. The van der Waals surface area contributed by atoms with Gasteiger partial charge in [-0.2, -0.15) is 0 Å². The fourth-order valence-electron chi connectivity index (χ4n) is 2.03. The molecular formula is C16H20N2O3. The summed E-state index contributed by atoms with van der Waals surface area (Å²) in [5.41, 5.74) is 1.86. The fourth-order valence-corrected chi connectivity index (χ4v) is 2.03. The van der Waals surface area contributed by atoms with Crippen LogP contribution in [0.3, 0.4) is 0 Å². The summed E-state index contributed by atoms with van der Waals surface area (Å²) in [5, 5.41) is 12.9. The van der Waals surface area contributed by atoms with Gasteiger partial charge in [0.25, 0.3) is 5.56 Å². The summed E-state index contributed by atoms with van der Waals surface area (Å²) in [6.45, 7) is 5.54. The van der Waals surface area contributed by atoms with Crippen LogP contribution in [0.1, 0.15) is 19.4 Å². The van der Waals surface area contributed by atoms with Crippen molar-refractivity contribution in [1.82, 2.24) is 4.57 Å². The normalized spacial score (nSPS) is 10.4. The van der Waals surface area contributed by atoms with E-state index in [1.807, 2.05) is 26.0 Å². The van der Waals surface area contributed by atoms with Crippen molar-refractivity contribution in [2.24, 2.45) is 0 Å². The van der Waals surface area contributed by atoms with Crippen LogP contribution in [0.2, 0.25) is 0 Å². The zero-order chi connectivity index (χ0) is 15.2. The molecule has 0 unspecified atom stereocenters. The lowest BCUT2D eigenvalue weighted by Crippen LogP contribution is -2.17. The molecular weight excluding hydrogens is 268 g/mol. The third kappa shape index (κ3) is 3.78.